The van der Waals surface area contributed by atoms with Gasteiger partial charge in [-0.2, -0.15) is 0 Å². The summed E-state index contributed by atoms with van der Waals surface area (Å²) in [7, 11) is 0. The molecule has 0 amide bonds. The molecule has 0 saturated carbocycles. The molecule has 2 saturated heterocycles. The predicted molar refractivity (Wildman–Crippen MR) is 150 cm³/mol. The zero-order valence-corrected chi connectivity index (χ0v) is 22.9. The topological polar surface area (TPSA) is 57.2 Å². The van der Waals surface area contributed by atoms with Crippen molar-refractivity contribution in [3.8, 4) is 0 Å². The highest BCUT2D eigenvalue weighted by Crippen LogP contribution is 2.33. The van der Waals surface area contributed by atoms with Gasteiger partial charge in [0.2, 0.25) is 0 Å². The van der Waals surface area contributed by atoms with Gasteiger partial charge in [0.15, 0.2) is 5.79 Å². The molecule has 0 aliphatic carbocycles. The normalized spacial score (nSPS) is 23.0. The fraction of sp³-hybridized carbons (Fsp3) is 0.424. The molecule has 0 unspecified atom stereocenters. The third-order valence-corrected chi connectivity index (χ3v) is 7.48. The molecule has 0 aromatic heterocycles. The van der Waals surface area contributed by atoms with Crippen LogP contribution < -0.4 is 0 Å². The number of hydrogen-bond acceptors (Lipinski definition) is 6. The van der Waals surface area contributed by atoms with E-state index in [1.54, 1.807) is 0 Å². The lowest BCUT2D eigenvalue weighted by molar-refractivity contribution is -0.191. The molecule has 3 aromatic carbocycles. The van der Waals surface area contributed by atoms with Crippen LogP contribution in [0.4, 0.5) is 0 Å². The van der Waals surface area contributed by atoms with Gasteiger partial charge in [-0.3, -0.25) is 9.69 Å². The van der Waals surface area contributed by atoms with Gasteiger partial charge in [0.05, 0.1) is 19.8 Å². The standard InChI is InChI=1S/C33H39NO5/c1-33(2)38-24-30(39-33)32(37-23-27-16-10-5-11-17-27)31(36-22-26-14-8-4-9-15-26)29-20-28(35)18-19-34(29)21-25-12-6-3-7-13-25/h3-17,29-32H,18-24H2,1-2H3/t29-,30-,31+,32-/m1/s1. The monoisotopic (exact) mass is 529 g/mol. The summed E-state index contributed by atoms with van der Waals surface area (Å²) < 4.78 is 25.8. The number of hydrogen-bond donors (Lipinski definition) is 0. The molecule has 2 aliphatic heterocycles. The van der Waals surface area contributed by atoms with E-state index in [0.717, 1.165) is 17.7 Å². The number of Topliss-reactive ketones (excluding diaryl/α,β-unsaturated/α-hetero) is 1. The number of rotatable bonds is 11. The van der Waals surface area contributed by atoms with E-state index in [1.807, 2.05) is 56.3 Å². The minimum atomic E-state index is -0.713. The summed E-state index contributed by atoms with van der Waals surface area (Å²) in [6.07, 6.45) is -0.233. The maximum atomic E-state index is 12.9. The lowest BCUT2D eigenvalue weighted by Crippen LogP contribution is -2.57. The van der Waals surface area contributed by atoms with E-state index in [4.69, 9.17) is 18.9 Å². The zero-order valence-electron chi connectivity index (χ0n) is 22.9. The third-order valence-electron chi connectivity index (χ3n) is 7.48. The molecule has 2 heterocycles. The van der Waals surface area contributed by atoms with Gasteiger partial charge in [-0.1, -0.05) is 91.0 Å². The van der Waals surface area contributed by atoms with Crippen LogP contribution in [0.15, 0.2) is 91.0 Å². The van der Waals surface area contributed by atoms with E-state index in [2.05, 4.69) is 53.4 Å². The number of carbonyl (C=O) groups excluding carboxylic acids is 1. The molecular weight excluding hydrogens is 490 g/mol. The van der Waals surface area contributed by atoms with Gasteiger partial charge in [0.25, 0.3) is 0 Å². The molecule has 6 heteroatoms. The maximum Gasteiger partial charge on any atom is 0.163 e. The highest BCUT2D eigenvalue weighted by atomic mass is 16.8. The van der Waals surface area contributed by atoms with Crippen molar-refractivity contribution in [2.24, 2.45) is 0 Å². The van der Waals surface area contributed by atoms with Crippen molar-refractivity contribution >= 4 is 5.78 Å². The van der Waals surface area contributed by atoms with Crippen LogP contribution >= 0.6 is 0 Å². The minimum Gasteiger partial charge on any atom is -0.369 e. The number of benzene rings is 3. The molecular formula is C33H39NO5. The fourth-order valence-corrected chi connectivity index (χ4v) is 5.49. The largest absolute Gasteiger partial charge is 0.369 e. The van der Waals surface area contributed by atoms with E-state index in [9.17, 15) is 4.79 Å². The predicted octanol–water partition coefficient (Wildman–Crippen LogP) is 5.54. The second-order valence-electron chi connectivity index (χ2n) is 10.9. The van der Waals surface area contributed by atoms with Gasteiger partial charge in [-0.15, -0.1) is 0 Å². The van der Waals surface area contributed by atoms with Crippen LogP contribution in [-0.4, -0.2) is 54.0 Å². The molecule has 0 N–H and O–H groups in total. The Labute approximate surface area is 231 Å². The molecule has 4 atom stereocenters. The summed E-state index contributed by atoms with van der Waals surface area (Å²) in [5.74, 6) is -0.460. The first-order chi connectivity index (χ1) is 19.0. The first-order valence-electron chi connectivity index (χ1n) is 13.9. The molecule has 0 radical (unpaired) electrons. The Morgan fingerprint density at radius 1 is 0.821 bits per heavy atom. The van der Waals surface area contributed by atoms with Crippen LogP contribution in [0.2, 0.25) is 0 Å². The molecule has 0 bridgehead atoms. The van der Waals surface area contributed by atoms with Crippen molar-refractivity contribution < 1.29 is 23.7 Å². The number of ketones is 1. The second-order valence-corrected chi connectivity index (χ2v) is 10.9. The SMILES string of the molecule is CC1(C)OC[C@H]([C@@H](OCc2ccccc2)[C@@H](OCc2ccccc2)[C@H]2CC(=O)CCN2Cc2ccccc2)O1. The number of ether oxygens (including phenoxy) is 4. The molecule has 0 spiro atoms. The van der Waals surface area contributed by atoms with Crippen molar-refractivity contribution in [3.63, 3.8) is 0 Å². The van der Waals surface area contributed by atoms with Crippen LogP contribution in [-0.2, 0) is 43.5 Å². The summed E-state index contributed by atoms with van der Waals surface area (Å²) >= 11 is 0. The van der Waals surface area contributed by atoms with E-state index < -0.39 is 18.0 Å². The smallest absolute Gasteiger partial charge is 0.163 e. The summed E-state index contributed by atoms with van der Waals surface area (Å²) in [4.78, 5) is 15.3. The molecule has 3 aromatic rings. The maximum absolute atomic E-state index is 12.9. The van der Waals surface area contributed by atoms with Crippen molar-refractivity contribution in [2.45, 2.75) is 76.6 Å². The van der Waals surface area contributed by atoms with Gasteiger partial charge in [-0.05, 0) is 30.5 Å². The van der Waals surface area contributed by atoms with E-state index in [-0.39, 0.29) is 17.9 Å². The fourth-order valence-electron chi connectivity index (χ4n) is 5.49. The van der Waals surface area contributed by atoms with Gasteiger partial charge in [0, 0.05) is 32.0 Å². The van der Waals surface area contributed by atoms with Crippen LogP contribution in [0.1, 0.15) is 43.4 Å². The highest BCUT2D eigenvalue weighted by molar-refractivity contribution is 5.80. The van der Waals surface area contributed by atoms with Gasteiger partial charge in [-0.25, -0.2) is 0 Å². The Morgan fingerprint density at radius 2 is 1.36 bits per heavy atom. The lowest BCUT2D eigenvalue weighted by atomic mass is 9.90. The number of nitrogens with zero attached hydrogens (tertiary/aromatic N) is 1. The highest BCUT2D eigenvalue weighted by Gasteiger charge is 2.46. The van der Waals surface area contributed by atoms with E-state index in [0.29, 0.717) is 39.2 Å². The molecule has 39 heavy (non-hydrogen) atoms. The van der Waals surface area contributed by atoms with Crippen LogP contribution in [0.5, 0.6) is 0 Å². The average Bonchev–Trinajstić information content (AvgIpc) is 3.32. The molecule has 2 aliphatic rings. The van der Waals surface area contributed by atoms with Crippen molar-refractivity contribution in [1.82, 2.24) is 4.90 Å². The number of carbonyl (C=O) groups is 1. The quantitative estimate of drug-likeness (QED) is 0.325. The minimum absolute atomic E-state index is 0.164. The van der Waals surface area contributed by atoms with Gasteiger partial charge < -0.3 is 18.9 Å². The Bertz CT molecular complexity index is 1170. The summed E-state index contributed by atoms with van der Waals surface area (Å²) in [5, 5.41) is 0. The van der Waals surface area contributed by atoms with Gasteiger partial charge in [0.1, 0.15) is 24.1 Å². The Kier molecular flexibility index (Phi) is 9.22. The van der Waals surface area contributed by atoms with Crippen LogP contribution in [0.25, 0.3) is 0 Å². The van der Waals surface area contributed by atoms with Crippen LogP contribution in [0.3, 0.4) is 0 Å². The molecule has 6 nitrogen and oxygen atoms in total. The summed E-state index contributed by atoms with van der Waals surface area (Å²) in [6, 6.07) is 30.5. The number of likely N-dealkylation sites (tertiary alicyclic amines) is 1. The van der Waals surface area contributed by atoms with Crippen molar-refractivity contribution in [3.05, 3.63) is 108 Å². The third kappa shape index (κ3) is 7.62. The van der Waals surface area contributed by atoms with E-state index in [1.165, 1.54) is 5.56 Å². The van der Waals surface area contributed by atoms with Crippen LogP contribution in [0, 0.1) is 0 Å². The number of piperidine rings is 1. The Balaban J connectivity index is 1.46. The zero-order chi connectivity index (χ0) is 27.1. The lowest BCUT2D eigenvalue weighted by Gasteiger charge is -2.43. The van der Waals surface area contributed by atoms with Crippen molar-refractivity contribution in [1.29, 1.82) is 0 Å². The van der Waals surface area contributed by atoms with E-state index >= 15 is 0 Å². The first-order valence-corrected chi connectivity index (χ1v) is 13.9. The average molecular weight is 530 g/mol. The molecule has 5 rings (SSSR count). The second kappa shape index (κ2) is 13.0. The Hall–Kier alpha value is -2.87. The Morgan fingerprint density at radius 3 is 1.90 bits per heavy atom. The summed E-state index contributed by atoms with van der Waals surface area (Å²) in [5.41, 5.74) is 3.36. The molecule has 2 fully saturated rings. The molecule has 206 valence electrons. The van der Waals surface area contributed by atoms with Crippen molar-refractivity contribution in [2.75, 3.05) is 13.2 Å². The summed E-state index contributed by atoms with van der Waals surface area (Å²) in [6.45, 7) is 6.50. The first kappa shape index (κ1) is 27.7. The van der Waals surface area contributed by atoms with Gasteiger partial charge >= 0.3 is 0 Å².